The largest absolute Gasteiger partial charge is 0.478 e. The number of hydrogen-bond donors (Lipinski definition) is 1. The summed E-state index contributed by atoms with van der Waals surface area (Å²) < 4.78 is 0. The highest BCUT2D eigenvalue weighted by molar-refractivity contribution is 8.13. The summed E-state index contributed by atoms with van der Waals surface area (Å²) in [6, 6.07) is 0. The smallest absolute Gasteiger partial charge is 0.331 e. The molecule has 0 aromatic heterocycles. The molecule has 13 heavy (non-hydrogen) atoms. The zero-order valence-electron chi connectivity index (χ0n) is 7.32. The minimum atomic E-state index is -0.931. The van der Waals surface area contributed by atoms with Gasteiger partial charge in [-0.3, -0.25) is 4.79 Å². The van der Waals surface area contributed by atoms with E-state index in [1.807, 2.05) is 0 Å². The Kier molecular flexibility index (Phi) is 3.36. The Morgan fingerprint density at radius 1 is 1.77 bits per heavy atom. The number of rotatable bonds is 3. The highest BCUT2D eigenvalue weighted by atomic mass is 32.2. The summed E-state index contributed by atoms with van der Waals surface area (Å²) in [6.45, 7) is 2.65. The van der Waals surface area contributed by atoms with Crippen molar-refractivity contribution < 1.29 is 14.7 Å². The molecule has 1 rings (SSSR count). The average Bonchev–Trinajstić information content (AvgIpc) is 2.47. The summed E-state index contributed by atoms with van der Waals surface area (Å²) in [4.78, 5) is 23.1. The fourth-order valence-corrected chi connectivity index (χ4v) is 1.76. The van der Waals surface area contributed by atoms with Crippen molar-refractivity contribution in [1.29, 1.82) is 0 Å². The van der Waals surface area contributed by atoms with Gasteiger partial charge in [-0.1, -0.05) is 17.8 Å². The van der Waals surface area contributed by atoms with Crippen LogP contribution in [0.15, 0.2) is 11.6 Å². The first-order chi connectivity index (χ1) is 6.11. The van der Waals surface area contributed by atoms with Crippen LogP contribution in [0, 0.1) is 0 Å². The Bertz CT molecular complexity index is 262. The number of carboxylic acid groups (broad SMARTS) is 1. The number of aliphatic carboxylic acids is 1. The molecule has 1 saturated heterocycles. The third-order valence-corrected chi connectivity index (χ3v) is 2.69. The predicted octanol–water partition coefficient (Wildman–Crippen LogP) is 1.19. The number of carbonyl (C=O) groups excluding carboxylic acids is 1. The molecule has 0 radical (unpaired) electrons. The first-order valence-corrected chi connectivity index (χ1v) is 4.91. The highest BCUT2D eigenvalue weighted by Gasteiger charge is 2.19. The van der Waals surface area contributed by atoms with E-state index in [0.29, 0.717) is 13.1 Å². The summed E-state index contributed by atoms with van der Waals surface area (Å²) in [5, 5.41) is 8.58. The molecule has 0 aliphatic carbocycles. The molecule has 1 aliphatic heterocycles. The molecular formula is C8H11NO3S. The zero-order valence-corrected chi connectivity index (χ0v) is 8.13. The second-order valence-electron chi connectivity index (χ2n) is 2.75. The van der Waals surface area contributed by atoms with Gasteiger partial charge in [-0.05, 0) is 6.92 Å². The van der Waals surface area contributed by atoms with E-state index in [2.05, 4.69) is 0 Å². The predicted molar refractivity (Wildman–Crippen MR) is 50.8 cm³/mol. The molecule has 72 valence electrons. The van der Waals surface area contributed by atoms with Crippen LogP contribution in [-0.2, 0) is 4.79 Å². The van der Waals surface area contributed by atoms with Gasteiger partial charge in [0.15, 0.2) is 0 Å². The SMILES string of the molecule is CC(=CCN1CCSC1=O)C(=O)O. The lowest BCUT2D eigenvalue weighted by molar-refractivity contribution is -0.132. The molecule has 4 nitrogen and oxygen atoms in total. The molecule has 0 aromatic rings. The molecule has 1 amide bonds. The van der Waals surface area contributed by atoms with Crippen LogP contribution < -0.4 is 0 Å². The molecule has 1 heterocycles. The second kappa shape index (κ2) is 4.32. The van der Waals surface area contributed by atoms with Crippen LogP contribution in [0.4, 0.5) is 4.79 Å². The normalized spacial score (nSPS) is 18.1. The Hall–Kier alpha value is -0.970. The molecule has 0 unspecified atom stereocenters. The molecule has 5 heteroatoms. The third kappa shape index (κ3) is 2.77. The van der Waals surface area contributed by atoms with E-state index in [4.69, 9.17) is 5.11 Å². The first kappa shape index (κ1) is 10.1. The standard InChI is InChI=1S/C8H11NO3S/c1-6(7(10)11)2-3-9-4-5-13-8(9)12/h2H,3-5H2,1H3,(H,10,11). The van der Waals surface area contributed by atoms with E-state index < -0.39 is 5.97 Å². The van der Waals surface area contributed by atoms with E-state index in [9.17, 15) is 9.59 Å². The number of thioether (sulfide) groups is 1. The topological polar surface area (TPSA) is 57.6 Å². The highest BCUT2D eigenvalue weighted by Crippen LogP contribution is 2.16. The van der Waals surface area contributed by atoms with Crippen molar-refractivity contribution in [3.8, 4) is 0 Å². The molecule has 0 bridgehead atoms. The van der Waals surface area contributed by atoms with Gasteiger partial charge in [-0.15, -0.1) is 0 Å². The maximum Gasteiger partial charge on any atom is 0.331 e. The van der Waals surface area contributed by atoms with Crippen molar-refractivity contribution in [3.05, 3.63) is 11.6 Å². The lowest BCUT2D eigenvalue weighted by Crippen LogP contribution is -2.23. The van der Waals surface area contributed by atoms with Gasteiger partial charge in [0.05, 0.1) is 0 Å². The number of carbonyl (C=O) groups is 2. The molecule has 1 aliphatic rings. The molecule has 0 saturated carbocycles. The number of nitrogens with zero attached hydrogens (tertiary/aromatic N) is 1. The van der Waals surface area contributed by atoms with Gasteiger partial charge in [0.1, 0.15) is 0 Å². The van der Waals surface area contributed by atoms with Crippen molar-refractivity contribution in [2.45, 2.75) is 6.92 Å². The van der Waals surface area contributed by atoms with Gasteiger partial charge in [-0.2, -0.15) is 0 Å². The number of carboxylic acids is 1. The Labute approximate surface area is 80.6 Å². The van der Waals surface area contributed by atoms with Crippen LogP contribution in [0.1, 0.15) is 6.92 Å². The lowest BCUT2D eigenvalue weighted by atomic mass is 10.3. The van der Waals surface area contributed by atoms with E-state index in [1.54, 1.807) is 11.0 Å². The molecule has 0 atom stereocenters. The van der Waals surface area contributed by atoms with Crippen LogP contribution in [0.5, 0.6) is 0 Å². The molecule has 0 spiro atoms. The fourth-order valence-electron chi connectivity index (χ4n) is 0.926. The van der Waals surface area contributed by atoms with E-state index in [1.165, 1.54) is 18.7 Å². The van der Waals surface area contributed by atoms with E-state index in [-0.39, 0.29) is 10.8 Å². The average molecular weight is 201 g/mol. The van der Waals surface area contributed by atoms with Crippen molar-refractivity contribution in [2.24, 2.45) is 0 Å². The third-order valence-electron chi connectivity index (χ3n) is 1.80. The minimum absolute atomic E-state index is 0.0365. The molecule has 1 N–H and O–H groups in total. The van der Waals surface area contributed by atoms with Gasteiger partial charge in [-0.25, -0.2) is 4.79 Å². The summed E-state index contributed by atoms with van der Waals surface area (Å²) in [5.74, 6) is -0.127. The lowest BCUT2D eigenvalue weighted by Gasteiger charge is -2.10. The van der Waals surface area contributed by atoms with Gasteiger partial charge >= 0.3 is 5.97 Å². The van der Waals surface area contributed by atoms with Crippen LogP contribution in [0.2, 0.25) is 0 Å². The number of hydrogen-bond acceptors (Lipinski definition) is 3. The van der Waals surface area contributed by atoms with E-state index in [0.717, 1.165) is 5.75 Å². The molecule has 1 fully saturated rings. The van der Waals surface area contributed by atoms with Crippen molar-refractivity contribution in [2.75, 3.05) is 18.8 Å². The monoisotopic (exact) mass is 201 g/mol. The van der Waals surface area contributed by atoms with Crippen molar-refractivity contribution >= 4 is 23.0 Å². The van der Waals surface area contributed by atoms with Gasteiger partial charge in [0.25, 0.3) is 5.24 Å². The first-order valence-electron chi connectivity index (χ1n) is 3.93. The summed E-state index contributed by atoms with van der Waals surface area (Å²) in [7, 11) is 0. The minimum Gasteiger partial charge on any atom is -0.478 e. The Morgan fingerprint density at radius 2 is 2.46 bits per heavy atom. The summed E-state index contributed by atoms with van der Waals surface area (Å²) in [5.41, 5.74) is 0.282. The van der Waals surface area contributed by atoms with E-state index >= 15 is 0 Å². The quantitative estimate of drug-likeness (QED) is 0.697. The maximum absolute atomic E-state index is 11.1. The van der Waals surface area contributed by atoms with Gasteiger partial charge in [0, 0.05) is 24.4 Å². The van der Waals surface area contributed by atoms with Crippen LogP contribution in [-0.4, -0.2) is 40.1 Å². The van der Waals surface area contributed by atoms with Crippen LogP contribution in [0.3, 0.4) is 0 Å². The van der Waals surface area contributed by atoms with Crippen molar-refractivity contribution in [1.82, 2.24) is 4.90 Å². The van der Waals surface area contributed by atoms with Gasteiger partial charge in [0.2, 0.25) is 0 Å². The molecular weight excluding hydrogens is 190 g/mol. The Balaban J connectivity index is 2.45. The maximum atomic E-state index is 11.1. The summed E-state index contributed by atoms with van der Waals surface area (Å²) >= 11 is 1.28. The molecule has 0 aromatic carbocycles. The fraction of sp³-hybridized carbons (Fsp3) is 0.500. The Morgan fingerprint density at radius 3 is 2.92 bits per heavy atom. The van der Waals surface area contributed by atoms with Crippen LogP contribution >= 0.6 is 11.8 Å². The number of amides is 1. The van der Waals surface area contributed by atoms with Gasteiger partial charge < -0.3 is 10.0 Å². The second-order valence-corrected chi connectivity index (χ2v) is 3.80. The van der Waals surface area contributed by atoms with Crippen LogP contribution in [0.25, 0.3) is 0 Å². The zero-order chi connectivity index (χ0) is 9.84. The van der Waals surface area contributed by atoms with Crippen molar-refractivity contribution in [3.63, 3.8) is 0 Å². The summed E-state index contributed by atoms with van der Waals surface area (Å²) in [6.07, 6.45) is 1.56.